The Bertz CT molecular complexity index is 502. The third-order valence-corrected chi connectivity index (χ3v) is 4.02. The lowest BCUT2D eigenvalue weighted by molar-refractivity contribution is -0.131. The van der Waals surface area contributed by atoms with Gasteiger partial charge in [-0.3, -0.25) is 4.79 Å². The number of carbonyl (C=O) groups is 1. The van der Waals surface area contributed by atoms with E-state index >= 15 is 0 Å². The molecule has 1 amide bonds. The average molecular weight is 292 g/mol. The van der Waals surface area contributed by atoms with E-state index in [1.165, 1.54) is 0 Å². The summed E-state index contributed by atoms with van der Waals surface area (Å²) < 4.78 is 10.9. The van der Waals surface area contributed by atoms with Gasteiger partial charge >= 0.3 is 0 Å². The van der Waals surface area contributed by atoms with Gasteiger partial charge in [-0.15, -0.1) is 0 Å². The largest absolute Gasteiger partial charge is 0.493 e. The van der Waals surface area contributed by atoms with Crippen LogP contribution in [-0.2, 0) is 4.79 Å². The summed E-state index contributed by atoms with van der Waals surface area (Å²) in [5.74, 6) is 1.94. The van der Waals surface area contributed by atoms with Crippen molar-refractivity contribution in [2.75, 3.05) is 34.9 Å². The fourth-order valence-corrected chi connectivity index (χ4v) is 2.93. The van der Waals surface area contributed by atoms with Gasteiger partial charge in [-0.25, -0.2) is 0 Å². The molecule has 0 radical (unpaired) electrons. The second-order valence-electron chi connectivity index (χ2n) is 5.54. The second-order valence-corrected chi connectivity index (χ2v) is 5.54. The monoisotopic (exact) mass is 292 g/mol. The first-order valence-corrected chi connectivity index (χ1v) is 7.24. The Labute approximate surface area is 126 Å². The van der Waals surface area contributed by atoms with E-state index in [1.54, 1.807) is 33.2 Å². The van der Waals surface area contributed by atoms with Crippen LogP contribution < -0.4 is 14.8 Å². The Morgan fingerprint density at radius 3 is 2.67 bits per heavy atom. The molecular formula is C16H24N2O3. The molecule has 21 heavy (non-hydrogen) atoms. The normalized spacial score (nSPS) is 21.7. The topological polar surface area (TPSA) is 50.8 Å². The summed E-state index contributed by atoms with van der Waals surface area (Å²) in [5, 5.41) is 3.30. The molecule has 1 aromatic rings. The van der Waals surface area contributed by atoms with Crippen LogP contribution in [0.15, 0.2) is 18.2 Å². The lowest BCUT2D eigenvalue weighted by Crippen LogP contribution is -2.47. The zero-order chi connectivity index (χ0) is 15.4. The highest BCUT2D eigenvalue weighted by Crippen LogP contribution is 2.39. The molecule has 1 N–H and O–H groups in total. The van der Waals surface area contributed by atoms with E-state index in [-0.39, 0.29) is 11.9 Å². The Balaban J connectivity index is 2.24. The molecular weight excluding hydrogens is 268 g/mol. The third-order valence-electron chi connectivity index (χ3n) is 4.02. The Hall–Kier alpha value is -1.75. The first-order chi connectivity index (χ1) is 10.1. The van der Waals surface area contributed by atoms with Crippen LogP contribution in [-0.4, -0.2) is 51.7 Å². The van der Waals surface area contributed by atoms with E-state index in [4.69, 9.17) is 9.47 Å². The first kappa shape index (κ1) is 15.6. The maximum Gasteiger partial charge on any atom is 0.239 e. The number of piperidine rings is 1. The molecule has 1 fully saturated rings. The molecule has 5 nitrogen and oxygen atoms in total. The standard InChI is InChI=1S/C16H24N2O3/c1-18(2)16(19)13-10-11(8-9-17-13)12-6-5-7-14(20-3)15(12)21-4/h5-7,11,13,17H,8-10H2,1-4H3. The highest BCUT2D eigenvalue weighted by molar-refractivity contribution is 5.81. The quantitative estimate of drug-likeness (QED) is 0.916. The number of carbonyl (C=O) groups excluding carboxylic acids is 1. The number of nitrogens with zero attached hydrogens (tertiary/aromatic N) is 1. The summed E-state index contributed by atoms with van der Waals surface area (Å²) >= 11 is 0. The van der Waals surface area contributed by atoms with Crippen LogP contribution in [0, 0.1) is 0 Å². The van der Waals surface area contributed by atoms with E-state index < -0.39 is 0 Å². The Kier molecular flexibility index (Phi) is 5.07. The van der Waals surface area contributed by atoms with Crippen molar-refractivity contribution >= 4 is 5.91 Å². The maximum atomic E-state index is 12.2. The van der Waals surface area contributed by atoms with Crippen LogP contribution in [0.4, 0.5) is 0 Å². The number of benzene rings is 1. The van der Waals surface area contributed by atoms with Gasteiger partial charge < -0.3 is 19.7 Å². The molecule has 116 valence electrons. The summed E-state index contributed by atoms with van der Waals surface area (Å²) in [6.45, 7) is 0.829. The average Bonchev–Trinajstić information content (AvgIpc) is 2.53. The third kappa shape index (κ3) is 3.29. The van der Waals surface area contributed by atoms with E-state index in [0.717, 1.165) is 36.4 Å². The van der Waals surface area contributed by atoms with Gasteiger partial charge in [0, 0.05) is 19.7 Å². The molecule has 1 saturated heterocycles. The molecule has 1 aliphatic rings. The van der Waals surface area contributed by atoms with Crippen LogP contribution in [0.1, 0.15) is 24.3 Å². The van der Waals surface area contributed by atoms with Crippen LogP contribution >= 0.6 is 0 Å². The summed E-state index contributed by atoms with van der Waals surface area (Å²) in [5.41, 5.74) is 1.12. The van der Waals surface area contributed by atoms with Gasteiger partial charge in [-0.1, -0.05) is 12.1 Å². The first-order valence-electron chi connectivity index (χ1n) is 7.24. The molecule has 5 heteroatoms. The number of ether oxygens (including phenoxy) is 2. The summed E-state index contributed by atoms with van der Waals surface area (Å²) in [6, 6.07) is 5.80. The molecule has 2 atom stereocenters. The number of nitrogens with one attached hydrogen (secondary N) is 1. The zero-order valence-corrected chi connectivity index (χ0v) is 13.2. The lowest BCUT2D eigenvalue weighted by Gasteiger charge is -2.32. The molecule has 1 heterocycles. The van der Waals surface area contributed by atoms with Crippen molar-refractivity contribution in [2.24, 2.45) is 0 Å². The minimum Gasteiger partial charge on any atom is -0.493 e. The van der Waals surface area contributed by atoms with Crippen molar-refractivity contribution in [1.82, 2.24) is 10.2 Å². The fourth-order valence-electron chi connectivity index (χ4n) is 2.93. The van der Waals surface area contributed by atoms with Crippen LogP contribution in [0.3, 0.4) is 0 Å². The van der Waals surface area contributed by atoms with Gasteiger partial charge in [-0.05, 0) is 31.4 Å². The van der Waals surface area contributed by atoms with Crippen LogP contribution in [0.25, 0.3) is 0 Å². The maximum absolute atomic E-state index is 12.2. The Morgan fingerprint density at radius 1 is 1.29 bits per heavy atom. The smallest absolute Gasteiger partial charge is 0.239 e. The van der Waals surface area contributed by atoms with Gasteiger partial charge in [0.25, 0.3) is 0 Å². The number of rotatable bonds is 4. The van der Waals surface area contributed by atoms with Gasteiger partial charge in [0.15, 0.2) is 11.5 Å². The molecule has 1 aliphatic heterocycles. The van der Waals surface area contributed by atoms with E-state index in [9.17, 15) is 4.79 Å². The van der Waals surface area contributed by atoms with E-state index in [0.29, 0.717) is 5.92 Å². The minimum atomic E-state index is -0.130. The highest BCUT2D eigenvalue weighted by atomic mass is 16.5. The fraction of sp³-hybridized carbons (Fsp3) is 0.562. The zero-order valence-electron chi connectivity index (χ0n) is 13.2. The van der Waals surface area contributed by atoms with Gasteiger partial charge in [-0.2, -0.15) is 0 Å². The summed E-state index contributed by atoms with van der Waals surface area (Å²) in [6.07, 6.45) is 1.77. The van der Waals surface area contributed by atoms with Crippen molar-refractivity contribution in [3.63, 3.8) is 0 Å². The number of hydrogen-bond donors (Lipinski definition) is 1. The van der Waals surface area contributed by atoms with Gasteiger partial charge in [0.2, 0.25) is 5.91 Å². The molecule has 0 aliphatic carbocycles. The van der Waals surface area contributed by atoms with Crippen LogP contribution in [0.2, 0.25) is 0 Å². The predicted molar refractivity (Wildman–Crippen MR) is 82.0 cm³/mol. The number of para-hydroxylation sites is 1. The highest BCUT2D eigenvalue weighted by Gasteiger charge is 2.30. The van der Waals surface area contributed by atoms with Gasteiger partial charge in [0.05, 0.1) is 20.3 Å². The number of likely N-dealkylation sites (N-methyl/N-ethyl adjacent to an activating group) is 1. The number of amides is 1. The molecule has 0 aromatic heterocycles. The molecule has 1 aromatic carbocycles. The summed E-state index contributed by atoms with van der Waals surface area (Å²) in [4.78, 5) is 13.8. The van der Waals surface area contributed by atoms with Crippen molar-refractivity contribution in [3.05, 3.63) is 23.8 Å². The van der Waals surface area contributed by atoms with Crippen LogP contribution in [0.5, 0.6) is 11.5 Å². The molecule has 0 saturated carbocycles. The molecule has 2 unspecified atom stereocenters. The SMILES string of the molecule is COc1cccc(C2CCNC(C(=O)N(C)C)C2)c1OC. The van der Waals surface area contributed by atoms with Crippen molar-refractivity contribution < 1.29 is 14.3 Å². The van der Waals surface area contributed by atoms with Crippen molar-refractivity contribution in [1.29, 1.82) is 0 Å². The minimum absolute atomic E-state index is 0.126. The second kappa shape index (κ2) is 6.80. The van der Waals surface area contributed by atoms with E-state index in [1.807, 2.05) is 12.1 Å². The number of methoxy groups -OCH3 is 2. The van der Waals surface area contributed by atoms with E-state index in [2.05, 4.69) is 11.4 Å². The lowest BCUT2D eigenvalue weighted by atomic mass is 9.85. The Morgan fingerprint density at radius 2 is 2.05 bits per heavy atom. The molecule has 0 bridgehead atoms. The molecule has 2 rings (SSSR count). The van der Waals surface area contributed by atoms with Gasteiger partial charge in [0.1, 0.15) is 0 Å². The van der Waals surface area contributed by atoms with Crippen molar-refractivity contribution in [3.8, 4) is 11.5 Å². The van der Waals surface area contributed by atoms with Crippen molar-refractivity contribution in [2.45, 2.75) is 24.8 Å². The molecule has 0 spiro atoms. The predicted octanol–water partition coefficient (Wildman–Crippen LogP) is 1.63. The number of hydrogen-bond acceptors (Lipinski definition) is 4. The summed E-state index contributed by atoms with van der Waals surface area (Å²) in [7, 11) is 6.88.